The lowest BCUT2D eigenvalue weighted by atomic mass is 10.1. The third-order valence-electron chi connectivity index (χ3n) is 2.51. The number of benzene rings is 1. The van der Waals surface area contributed by atoms with Gasteiger partial charge in [-0.3, -0.25) is 0 Å². The number of halogens is 1. The Morgan fingerprint density at radius 3 is 2.69 bits per heavy atom. The van der Waals surface area contributed by atoms with Crippen molar-refractivity contribution in [2.75, 3.05) is 5.73 Å². The zero-order valence-corrected chi connectivity index (χ0v) is 10.1. The largest absolute Gasteiger partial charge is 0.383 e. The molecule has 0 aliphatic rings. The molecule has 3 nitrogen and oxygen atoms in total. The molecule has 0 amide bonds. The number of nitrogens with zero attached hydrogens (tertiary/aromatic N) is 2. The Morgan fingerprint density at radius 2 is 2.12 bits per heavy atom. The molecule has 0 saturated carbocycles. The average Bonchev–Trinajstić information content (AvgIpc) is 2.60. The zero-order chi connectivity index (χ0) is 11.7. The average molecular weight is 236 g/mol. The Hall–Kier alpha value is -1.48. The Bertz CT molecular complexity index is 503. The smallest absolute Gasteiger partial charge is 0.130 e. The van der Waals surface area contributed by atoms with Crippen molar-refractivity contribution in [1.29, 1.82) is 0 Å². The fourth-order valence-electron chi connectivity index (χ4n) is 1.63. The van der Waals surface area contributed by atoms with Gasteiger partial charge < -0.3 is 5.73 Å². The summed E-state index contributed by atoms with van der Waals surface area (Å²) in [7, 11) is 0. The van der Waals surface area contributed by atoms with Crippen molar-refractivity contribution >= 4 is 17.4 Å². The molecule has 0 radical (unpaired) electrons. The molecule has 0 spiro atoms. The molecular formula is C12H14ClN3. The van der Waals surface area contributed by atoms with E-state index in [4.69, 9.17) is 17.3 Å². The molecule has 2 aromatic rings. The summed E-state index contributed by atoms with van der Waals surface area (Å²) in [5.41, 5.74) is 7.99. The van der Waals surface area contributed by atoms with Crippen molar-refractivity contribution in [3.63, 3.8) is 0 Å². The van der Waals surface area contributed by atoms with Crippen molar-refractivity contribution in [3.05, 3.63) is 41.0 Å². The van der Waals surface area contributed by atoms with Gasteiger partial charge in [-0.2, -0.15) is 5.10 Å². The van der Waals surface area contributed by atoms with Crippen molar-refractivity contribution in [3.8, 4) is 5.69 Å². The van der Waals surface area contributed by atoms with Gasteiger partial charge in [0.05, 0.1) is 11.9 Å². The van der Waals surface area contributed by atoms with Gasteiger partial charge in [0.15, 0.2) is 0 Å². The monoisotopic (exact) mass is 235 g/mol. The van der Waals surface area contributed by atoms with E-state index in [1.54, 1.807) is 10.9 Å². The van der Waals surface area contributed by atoms with Gasteiger partial charge in [0.2, 0.25) is 0 Å². The molecule has 0 fully saturated rings. The van der Waals surface area contributed by atoms with Crippen LogP contribution in [0.1, 0.15) is 25.3 Å². The number of hydrogen-bond acceptors (Lipinski definition) is 2. The maximum absolute atomic E-state index is 6.04. The third kappa shape index (κ3) is 1.91. The number of aromatic nitrogens is 2. The first-order valence-corrected chi connectivity index (χ1v) is 5.56. The van der Waals surface area contributed by atoms with Gasteiger partial charge in [0, 0.05) is 10.6 Å². The molecule has 1 aromatic heterocycles. The maximum atomic E-state index is 6.04. The Kier molecular flexibility index (Phi) is 2.88. The Labute approximate surface area is 99.8 Å². The molecule has 84 valence electrons. The summed E-state index contributed by atoms with van der Waals surface area (Å²) in [5, 5.41) is 4.96. The van der Waals surface area contributed by atoms with Gasteiger partial charge in [-0.15, -0.1) is 0 Å². The summed E-state index contributed by atoms with van der Waals surface area (Å²) in [6.07, 6.45) is 1.81. The molecule has 2 N–H and O–H groups in total. The zero-order valence-electron chi connectivity index (χ0n) is 9.31. The molecule has 0 saturated heterocycles. The van der Waals surface area contributed by atoms with E-state index < -0.39 is 0 Å². The highest BCUT2D eigenvalue weighted by molar-refractivity contribution is 6.30. The Morgan fingerprint density at radius 1 is 1.38 bits per heavy atom. The predicted molar refractivity (Wildman–Crippen MR) is 67.1 cm³/mol. The van der Waals surface area contributed by atoms with Crippen LogP contribution in [-0.2, 0) is 0 Å². The molecule has 1 heterocycles. The van der Waals surface area contributed by atoms with Crippen LogP contribution in [0.2, 0.25) is 5.02 Å². The molecule has 0 aliphatic heterocycles. The number of nitrogens with two attached hydrogens (primary N) is 1. The summed E-state index contributed by atoms with van der Waals surface area (Å²) >= 11 is 5.93. The van der Waals surface area contributed by atoms with Crippen LogP contribution in [0.4, 0.5) is 5.82 Å². The number of nitrogen functional groups attached to an aromatic ring is 1. The lowest BCUT2D eigenvalue weighted by Crippen LogP contribution is -2.03. The van der Waals surface area contributed by atoms with E-state index in [1.165, 1.54) is 0 Å². The molecular weight excluding hydrogens is 222 g/mol. The van der Waals surface area contributed by atoms with E-state index >= 15 is 0 Å². The molecule has 0 atom stereocenters. The van der Waals surface area contributed by atoms with Crippen LogP contribution in [0.25, 0.3) is 5.69 Å². The second-order valence-electron chi connectivity index (χ2n) is 4.03. The van der Waals surface area contributed by atoms with Crippen molar-refractivity contribution < 1.29 is 0 Å². The van der Waals surface area contributed by atoms with Gasteiger partial charge in [-0.1, -0.05) is 31.5 Å². The summed E-state index contributed by atoms with van der Waals surface area (Å²) in [6.45, 7) is 4.19. The highest BCUT2D eigenvalue weighted by Gasteiger charge is 2.11. The fourth-order valence-corrected chi connectivity index (χ4v) is 1.81. The van der Waals surface area contributed by atoms with E-state index in [0.29, 0.717) is 16.8 Å². The topological polar surface area (TPSA) is 43.8 Å². The van der Waals surface area contributed by atoms with E-state index in [1.807, 2.05) is 24.3 Å². The second-order valence-corrected chi connectivity index (χ2v) is 4.47. The van der Waals surface area contributed by atoms with Gasteiger partial charge in [0.25, 0.3) is 0 Å². The highest BCUT2D eigenvalue weighted by atomic mass is 35.5. The lowest BCUT2D eigenvalue weighted by molar-refractivity contribution is 0.867. The molecule has 0 aliphatic carbocycles. The predicted octanol–water partition coefficient (Wildman–Crippen LogP) is 3.23. The van der Waals surface area contributed by atoms with E-state index in [2.05, 4.69) is 18.9 Å². The summed E-state index contributed by atoms with van der Waals surface area (Å²) in [5.74, 6) is 1.05. The second kappa shape index (κ2) is 4.18. The SMILES string of the molecule is CC(C)c1cnn(-c2cccc(Cl)c2)c1N. The van der Waals surface area contributed by atoms with Gasteiger partial charge in [0.1, 0.15) is 5.82 Å². The lowest BCUT2D eigenvalue weighted by Gasteiger charge is -2.07. The van der Waals surface area contributed by atoms with Crippen molar-refractivity contribution in [2.24, 2.45) is 0 Å². The van der Waals surface area contributed by atoms with Crippen molar-refractivity contribution in [2.45, 2.75) is 19.8 Å². The molecule has 0 unspecified atom stereocenters. The van der Waals surface area contributed by atoms with Crippen LogP contribution in [0.15, 0.2) is 30.5 Å². The minimum absolute atomic E-state index is 0.368. The maximum Gasteiger partial charge on any atom is 0.130 e. The number of anilines is 1. The number of rotatable bonds is 2. The molecule has 0 bridgehead atoms. The Balaban J connectivity index is 2.49. The first kappa shape index (κ1) is 11.0. The summed E-state index contributed by atoms with van der Waals surface area (Å²) in [6, 6.07) is 7.48. The van der Waals surface area contributed by atoms with Gasteiger partial charge in [-0.25, -0.2) is 4.68 Å². The van der Waals surface area contributed by atoms with Crippen LogP contribution in [-0.4, -0.2) is 9.78 Å². The highest BCUT2D eigenvalue weighted by Crippen LogP contribution is 2.24. The minimum Gasteiger partial charge on any atom is -0.383 e. The van der Waals surface area contributed by atoms with Crippen LogP contribution in [0.5, 0.6) is 0 Å². The molecule has 2 rings (SSSR count). The number of hydrogen-bond donors (Lipinski definition) is 1. The minimum atomic E-state index is 0.368. The third-order valence-corrected chi connectivity index (χ3v) is 2.75. The molecule has 4 heteroatoms. The van der Waals surface area contributed by atoms with Gasteiger partial charge in [-0.05, 0) is 24.1 Å². The van der Waals surface area contributed by atoms with Crippen LogP contribution >= 0.6 is 11.6 Å². The standard InChI is InChI=1S/C12H14ClN3/c1-8(2)11-7-15-16(12(11)14)10-5-3-4-9(13)6-10/h3-8H,14H2,1-2H3. The summed E-state index contributed by atoms with van der Waals surface area (Å²) in [4.78, 5) is 0. The fraction of sp³-hybridized carbons (Fsp3) is 0.250. The van der Waals surface area contributed by atoms with Crippen LogP contribution in [0.3, 0.4) is 0 Å². The van der Waals surface area contributed by atoms with Crippen molar-refractivity contribution in [1.82, 2.24) is 9.78 Å². The molecule has 16 heavy (non-hydrogen) atoms. The quantitative estimate of drug-likeness (QED) is 0.869. The summed E-state index contributed by atoms with van der Waals surface area (Å²) < 4.78 is 1.71. The molecule has 1 aromatic carbocycles. The van der Waals surface area contributed by atoms with E-state index in [0.717, 1.165) is 11.3 Å². The first-order valence-electron chi connectivity index (χ1n) is 5.19. The van der Waals surface area contributed by atoms with Crippen LogP contribution < -0.4 is 5.73 Å². The normalized spacial score (nSPS) is 11.0. The first-order chi connectivity index (χ1) is 7.59. The van der Waals surface area contributed by atoms with Gasteiger partial charge >= 0.3 is 0 Å². The van der Waals surface area contributed by atoms with E-state index in [-0.39, 0.29) is 0 Å². The van der Waals surface area contributed by atoms with Crippen LogP contribution in [0, 0.1) is 0 Å². The van der Waals surface area contributed by atoms with E-state index in [9.17, 15) is 0 Å².